The van der Waals surface area contributed by atoms with Crippen LogP contribution in [0.2, 0.25) is 5.02 Å². The lowest BCUT2D eigenvalue weighted by atomic mass is 10.1. The zero-order chi connectivity index (χ0) is 20.3. The van der Waals surface area contributed by atoms with E-state index >= 15 is 0 Å². The molecule has 0 aliphatic carbocycles. The van der Waals surface area contributed by atoms with E-state index in [2.05, 4.69) is 30.9 Å². The van der Waals surface area contributed by atoms with E-state index in [1.807, 2.05) is 43.3 Å². The maximum Gasteiger partial charge on any atom is 0.239 e. The lowest BCUT2D eigenvalue weighted by Crippen LogP contribution is -2.37. The van der Waals surface area contributed by atoms with E-state index in [0.717, 1.165) is 26.8 Å². The number of hydrogen-bond acceptors (Lipinski definition) is 5. The van der Waals surface area contributed by atoms with Crippen LogP contribution in [0.4, 0.5) is 5.13 Å². The molecule has 2 aromatic carbocycles. The number of anilines is 1. The molecule has 28 heavy (non-hydrogen) atoms. The second kappa shape index (κ2) is 9.27. The molecule has 0 saturated carbocycles. The molecular formula is C21H24ClN3OS2. The first-order valence-electron chi connectivity index (χ1n) is 9.05. The van der Waals surface area contributed by atoms with E-state index in [1.54, 1.807) is 11.3 Å². The van der Waals surface area contributed by atoms with Crippen molar-refractivity contribution >= 4 is 56.0 Å². The second-order valence-electron chi connectivity index (χ2n) is 7.02. The van der Waals surface area contributed by atoms with Crippen molar-refractivity contribution in [3.05, 3.63) is 52.5 Å². The summed E-state index contributed by atoms with van der Waals surface area (Å²) in [5, 5.41) is 1.47. The third-order valence-electron chi connectivity index (χ3n) is 4.29. The van der Waals surface area contributed by atoms with Crippen LogP contribution in [0.5, 0.6) is 0 Å². The first-order chi connectivity index (χ1) is 13.3. The Morgan fingerprint density at radius 2 is 1.86 bits per heavy atom. The first kappa shape index (κ1) is 21.1. The fraction of sp³-hybridized carbons (Fsp3) is 0.333. The normalized spacial score (nSPS) is 11.4. The lowest BCUT2D eigenvalue weighted by molar-refractivity contribution is -0.116. The van der Waals surface area contributed by atoms with E-state index in [-0.39, 0.29) is 5.91 Å². The summed E-state index contributed by atoms with van der Waals surface area (Å²) in [5.74, 6) is 0.429. The minimum Gasteiger partial charge on any atom is -0.308 e. The largest absolute Gasteiger partial charge is 0.308 e. The molecule has 0 aliphatic rings. The predicted octanol–water partition coefficient (Wildman–Crippen LogP) is 5.25. The molecule has 4 nitrogen and oxygen atoms in total. The van der Waals surface area contributed by atoms with Crippen LogP contribution in [-0.2, 0) is 4.79 Å². The second-order valence-corrected chi connectivity index (χ2v) is 9.48. The maximum atomic E-state index is 13.1. The minimum atomic E-state index is 0.0650. The molecule has 0 N–H and O–H groups in total. The van der Waals surface area contributed by atoms with Gasteiger partial charge in [0.1, 0.15) is 0 Å². The highest BCUT2D eigenvalue weighted by Crippen LogP contribution is 2.32. The Bertz CT molecular complexity index is 970. The summed E-state index contributed by atoms with van der Waals surface area (Å²) < 4.78 is 1.15. The van der Waals surface area contributed by atoms with Crippen molar-refractivity contribution in [3.8, 4) is 0 Å². The summed E-state index contributed by atoms with van der Waals surface area (Å²) in [6.07, 6.45) is 0. The van der Waals surface area contributed by atoms with Gasteiger partial charge in [0, 0.05) is 23.0 Å². The summed E-state index contributed by atoms with van der Waals surface area (Å²) in [7, 11) is 4.02. The summed E-state index contributed by atoms with van der Waals surface area (Å²) in [6.45, 7) is 5.57. The number of thiazole rings is 1. The molecule has 0 unspecified atom stereocenters. The van der Waals surface area contributed by atoms with Gasteiger partial charge in [0.05, 0.1) is 16.0 Å². The van der Waals surface area contributed by atoms with Gasteiger partial charge in [0.25, 0.3) is 0 Å². The summed E-state index contributed by atoms with van der Waals surface area (Å²) in [4.78, 5) is 22.8. The SMILES string of the molecule is Cc1cc(C)c2sc(N(CCN(C)C)C(=O)CSc3ccc(Cl)cc3)nc2c1. The van der Waals surface area contributed by atoms with Crippen molar-refractivity contribution in [1.29, 1.82) is 0 Å². The predicted molar refractivity (Wildman–Crippen MR) is 122 cm³/mol. The van der Waals surface area contributed by atoms with E-state index in [4.69, 9.17) is 16.6 Å². The third-order valence-corrected chi connectivity index (χ3v) is 6.77. The molecule has 0 spiro atoms. The fourth-order valence-electron chi connectivity index (χ4n) is 2.86. The first-order valence-corrected chi connectivity index (χ1v) is 11.2. The van der Waals surface area contributed by atoms with Crippen LogP contribution in [0.15, 0.2) is 41.3 Å². The smallest absolute Gasteiger partial charge is 0.239 e. The number of nitrogens with zero attached hydrogens (tertiary/aromatic N) is 3. The van der Waals surface area contributed by atoms with Gasteiger partial charge in [0.2, 0.25) is 5.91 Å². The minimum absolute atomic E-state index is 0.0650. The van der Waals surface area contributed by atoms with Crippen LogP contribution < -0.4 is 4.90 Å². The maximum absolute atomic E-state index is 13.1. The highest BCUT2D eigenvalue weighted by molar-refractivity contribution is 8.00. The Kier molecular flexibility index (Phi) is 6.99. The number of aromatic nitrogens is 1. The highest BCUT2D eigenvalue weighted by Gasteiger charge is 2.20. The molecule has 7 heteroatoms. The van der Waals surface area contributed by atoms with Gasteiger partial charge in [-0.15, -0.1) is 11.8 Å². The van der Waals surface area contributed by atoms with Crippen molar-refractivity contribution in [1.82, 2.24) is 9.88 Å². The Morgan fingerprint density at radius 1 is 1.14 bits per heavy atom. The molecule has 0 bridgehead atoms. The van der Waals surface area contributed by atoms with Gasteiger partial charge in [0.15, 0.2) is 5.13 Å². The van der Waals surface area contributed by atoms with Gasteiger partial charge in [-0.05, 0) is 69.4 Å². The average Bonchev–Trinajstić information content (AvgIpc) is 3.05. The number of aryl methyl sites for hydroxylation is 2. The molecule has 1 heterocycles. The monoisotopic (exact) mass is 433 g/mol. The zero-order valence-corrected chi connectivity index (χ0v) is 18.9. The molecule has 0 saturated heterocycles. The molecule has 3 rings (SSSR count). The number of carbonyl (C=O) groups is 1. The van der Waals surface area contributed by atoms with Gasteiger partial charge >= 0.3 is 0 Å². The number of amides is 1. The van der Waals surface area contributed by atoms with E-state index in [1.165, 1.54) is 22.9 Å². The Morgan fingerprint density at radius 3 is 2.54 bits per heavy atom. The number of hydrogen-bond donors (Lipinski definition) is 0. The van der Waals surface area contributed by atoms with Gasteiger partial charge in [-0.3, -0.25) is 9.69 Å². The molecule has 148 valence electrons. The Balaban J connectivity index is 1.82. The van der Waals surface area contributed by atoms with E-state index in [9.17, 15) is 4.79 Å². The molecular weight excluding hydrogens is 410 g/mol. The summed E-state index contributed by atoms with van der Waals surface area (Å²) in [6, 6.07) is 11.8. The van der Waals surface area contributed by atoms with Gasteiger partial charge < -0.3 is 4.90 Å². The quantitative estimate of drug-likeness (QED) is 0.476. The van der Waals surface area contributed by atoms with Crippen molar-refractivity contribution in [3.63, 3.8) is 0 Å². The van der Waals surface area contributed by atoms with Gasteiger partial charge in [-0.2, -0.15) is 0 Å². The van der Waals surface area contributed by atoms with Crippen LogP contribution in [0.3, 0.4) is 0 Å². The molecule has 3 aromatic rings. The molecule has 0 fully saturated rings. The highest BCUT2D eigenvalue weighted by atomic mass is 35.5. The van der Waals surface area contributed by atoms with Crippen LogP contribution in [0, 0.1) is 13.8 Å². The van der Waals surface area contributed by atoms with Crippen LogP contribution >= 0.6 is 34.7 Å². The van der Waals surface area contributed by atoms with Gasteiger partial charge in [-0.1, -0.05) is 29.0 Å². The lowest BCUT2D eigenvalue weighted by Gasteiger charge is -2.21. The molecule has 0 atom stereocenters. The van der Waals surface area contributed by atoms with Crippen molar-refractivity contribution in [2.75, 3.05) is 37.8 Å². The third kappa shape index (κ3) is 5.26. The van der Waals surface area contributed by atoms with Crippen LogP contribution in [-0.4, -0.2) is 48.7 Å². The number of thioether (sulfide) groups is 1. The Labute approximate surface area is 179 Å². The number of halogens is 1. The number of likely N-dealkylation sites (N-methyl/N-ethyl adjacent to an activating group) is 1. The van der Waals surface area contributed by atoms with Crippen molar-refractivity contribution in [2.45, 2.75) is 18.7 Å². The number of rotatable bonds is 7. The standard InChI is InChI=1S/C21H24ClN3OS2/c1-14-11-15(2)20-18(12-14)23-21(28-20)25(10-9-24(3)4)19(26)13-27-17-7-5-16(22)6-8-17/h5-8,11-12H,9-10,13H2,1-4H3. The van der Waals surface area contributed by atoms with Crippen LogP contribution in [0.25, 0.3) is 10.2 Å². The summed E-state index contributed by atoms with van der Waals surface area (Å²) in [5.41, 5.74) is 3.35. The molecule has 1 aromatic heterocycles. The number of carbonyl (C=O) groups excluding carboxylic acids is 1. The number of benzene rings is 2. The van der Waals surface area contributed by atoms with Crippen molar-refractivity contribution < 1.29 is 4.79 Å². The average molecular weight is 434 g/mol. The van der Waals surface area contributed by atoms with E-state index < -0.39 is 0 Å². The number of fused-ring (bicyclic) bond motifs is 1. The van der Waals surface area contributed by atoms with Crippen LogP contribution in [0.1, 0.15) is 11.1 Å². The zero-order valence-electron chi connectivity index (χ0n) is 16.5. The van der Waals surface area contributed by atoms with Crippen molar-refractivity contribution in [2.24, 2.45) is 0 Å². The molecule has 0 aliphatic heterocycles. The fourth-order valence-corrected chi connectivity index (χ4v) is 4.82. The molecule has 0 radical (unpaired) electrons. The van der Waals surface area contributed by atoms with Gasteiger partial charge in [-0.25, -0.2) is 4.98 Å². The summed E-state index contributed by atoms with van der Waals surface area (Å²) >= 11 is 9.06. The molecule has 1 amide bonds. The topological polar surface area (TPSA) is 36.4 Å². The Hall–Kier alpha value is -1.60. The van der Waals surface area contributed by atoms with E-state index in [0.29, 0.717) is 17.3 Å².